The second-order valence-corrected chi connectivity index (χ2v) is 7.89. The van der Waals surface area contributed by atoms with Gasteiger partial charge in [0.1, 0.15) is 12.1 Å². The van der Waals surface area contributed by atoms with E-state index in [2.05, 4.69) is 28.7 Å². The third-order valence-electron chi connectivity index (χ3n) is 4.93. The minimum absolute atomic E-state index is 0.0931. The monoisotopic (exact) mass is 379 g/mol. The molecule has 0 atom stereocenters. The van der Waals surface area contributed by atoms with Crippen molar-refractivity contribution in [3.63, 3.8) is 0 Å². The van der Waals surface area contributed by atoms with Crippen molar-refractivity contribution < 1.29 is 4.39 Å². The summed E-state index contributed by atoms with van der Waals surface area (Å²) in [4.78, 5) is 27.7. The molecule has 4 rings (SSSR count). The van der Waals surface area contributed by atoms with Crippen LogP contribution in [0, 0.1) is 11.2 Å². The second-order valence-electron chi connectivity index (χ2n) is 7.89. The molecule has 0 bridgehead atoms. The van der Waals surface area contributed by atoms with Crippen molar-refractivity contribution in [2.24, 2.45) is 5.41 Å². The summed E-state index contributed by atoms with van der Waals surface area (Å²) in [6.45, 7) is 6.15. The van der Waals surface area contributed by atoms with Gasteiger partial charge >= 0.3 is 0 Å². The molecule has 1 aliphatic heterocycles. The maximum atomic E-state index is 14.0. The average molecular weight is 379 g/mol. The minimum atomic E-state index is -0.209. The Morgan fingerprint density at radius 1 is 1.14 bits per heavy atom. The van der Waals surface area contributed by atoms with Crippen LogP contribution in [0.15, 0.2) is 53.7 Å². The number of anilines is 1. The van der Waals surface area contributed by atoms with Gasteiger partial charge in [0, 0.05) is 37.3 Å². The fraction of sp³-hybridized carbons (Fsp3) is 0.333. The summed E-state index contributed by atoms with van der Waals surface area (Å²) < 4.78 is 15.7. The number of rotatable bonds is 4. The summed E-state index contributed by atoms with van der Waals surface area (Å²) in [5.41, 5.74) is 1.59. The molecule has 2 aromatic heterocycles. The Hall–Kier alpha value is -3.09. The van der Waals surface area contributed by atoms with Crippen molar-refractivity contribution in [3.8, 4) is 11.4 Å². The van der Waals surface area contributed by atoms with E-state index < -0.39 is 0 Å². The first-order valence-corrected chi connectivity index (χ1v) is 9.30. The lowest BCUT2D eigenvalue weighted by atomic mass is 9.91. The van der Waals surface area contributed by atoms with E-state index in [1.54, 1.807) is 29.0 Å². The SMILES string of the molecule is CC1(C)CN(CCc2ccccc2F)c2nc(-c3ccncn3)cc(=O)n2C1. The number of nitrogens with zero attached hydrogens (tertiary/aromatic N) is 5. The number of hydrogen-bond acceptors (Lipinski definition) is 5. The van der Waals surface area contributed by atoms with E-state index in [-0.39, 0.29) is 16.8 Å². The predicted molar refractivity (Wildman–Crippen MR) is 106 cm³/mol. The molecule has 1 aliphatic rings. The van der Waals surface area contributed by atoms with Crippen LogP contribution in [0.4, 0.5) is 10.3 Å². The Bertz CT molecular complexity index is 1050. The van der Waals surface area contributed by atoms with Gasteiger partial charge in [-0.05, 0) is 24.1 Å². The summed E-state index contributed by atoms with van der Waals surface area (Å²) in [7, 11) is 0. The smallest absolute Gasteiger partial charge is 0.255 e. The van der Waals surface area contributed by atoms with E-state index >= 15 is 0 Å². The Balaban J connectivity index is 1.71. The van der Waals surface area contributed by atoms with E-state index in [0.717, 1.165) is 6.54 Å². The molecule has 0 fully saturated rings. The van der Waals surface area contributed by atoms with E-state index in [0.29, 0.717) is 42.4 Å². The van der Waals surface area contributed by atoms with E-state index in [4.69, 9.17) is 4.98 Å². The lowest BCUT2D eigenvalue weighted by molar-refractivity contribution is 0.274. The zero-order valence-corrected chi connectivity index (χ0v) is 16.0. The second kappa shape index (κ2) is 7.14. The van der Waals surface area contributed by atoms with Crippen LogP contribution in [0.1, 0.15) is 19.4 Å². The van der Waals surface area contributed by atoms with Crippen LogP contribution in [-0.2, 0) is 13.0 Å². The lowest BCUT2D eigenvalue weighted by Crippen LogP contribution is -2.48. The zero-order chi connectivity index (χ0) is 19.7. The van der Waals surface area contributed by atoms with Gasteiger partial charge in [0.2, 0.25) is 5.95 Å². The van der Waals surface area contributed by atoms with Gasteiger partial charge < -0.3 is 4.90 Å². The molecule has 0 amide bonds. The summed E-state index contributed by atoms with van der Waals surface area (Å²) in [5.74, 6) is 0.399. The van der Waals surface area contributed by atoms with Crippen LogP contribution in [0.2, 0.25) is 0 Å². The molecule has 144 valence electrons. The molecule has 0 spiro atoms. The van der Waals surface area contributed by atoms with E-state index in [1.807, 2.05) is 6.07 Å². The van der Waals surface area contributed by atoms with Crippen molar-refractivity contribution in [1.82, 2.24) is 19.5 Å². The minimum Gasteiger partial charge on any atom is -0.341 e. The summed E-state index contributed by atoms with van der Waals surface area (Å²) >= 11 is 0. The molecule has 6 nitrogen and oxygen atoms in total. The first kappa shape index (κ1) is 18.3. The van der Waals surface area contributed by atoms with Crippen LogP contribution >= 0.6 is 0 Å². The quantitative estimate of drug-likeness (QED) is 0.697. The molecule has 0 saturated carbocycles. The van der Waals surface area contributed by atoms with Gasteiger partial charge in [-0.3, -0.25) is 9.36 Å². The third kappa shape index (κ3) is 3.65. The van der Waals surface area contributed by atoms with Crippen LogP contribution in [0.3, 0.4) is 0 Å². The Morgan fingerprint density at radius 2 is 1.96 bits per heavy atom. The van der Waals surface area contributed by atoms with Crippen molar-refractivity contribution in [2.45, 2.75) is 26.8 Å². The predicted octanol–water partition coefficient (Wildman–Crippen LogP) is 2.93. The molecule has 28 heavy (non-hydrogen) atoms. The third-order valence-corrected chi connectivity index (χ3v) is 4.93. The van der Waals surface area contributed by atoms with Crippen LogP contribution in [0.25, 0.3) is 11.4 Å². The normalized spacial score (nSPS) is 15.3. The van der Waals surface area contributed by atoms with Gasteiger partial charge in [-0.25, -0.2) is 19.3 Å². The number of fused-ring (bicyclic) bond motifs is 1. The standard InChI is InChI=1S/C21H22FN5O/c1-21(2)12-26(10-8-15-5-3-4-6-16(15)22)20-25-18(11-19(28)27(20)13-21)17-7-9-23-14-24-17/h3-7,9,11,14H,8,10,12-13H2,1-2H3. The molecule has 0 aliphatic carbocycles. The van der Waals surface area contributed by atoms with Gasteiger partial charge in [-0.1, -0.05) is 32.0 Å². The highest BCUT2D eigenvalue weighted by Gasteiger charge is 2.32. The maximum absolute atomic E-state index is 14.0. The van der Waals surface area contributed by atoms with Crippen molar-refractivity contribution in [2.75, 3.05) is 18.0 Å². The van der Waals surface area contributed by atoms with Crippen molar-refractivity contribution >= 4 is 5.95 Å². The molecule has 1 aromatic carbocycles. The van der Waals surface area contributed by atoms with Crippen LogP contribution < -0.4 is 10.5 Å². The highest BCUT2D eigenvalue weighted by atomic mass is 19.1. The number of halogens is 1. The zero-order valence-electron chi connectivity index (χ0n) is 16.0. The molecule has 0 N–H and O–H groups in total. The topological polar surface area (TPSA) is 63.9 Å². The fourth-order valence-corrected chi connectivity index (χ4v) is 3.66. The molecule has 3 heterocycles. The molecule has 3 aromatic rings. The average Bonchev–Trinajstić information content (AvgIpc) is 2.68. The van der Waals surface area contributed by atoms with Crippen molar-refractivity contribution in [1.29, 1.82) is 0 Å². The Labute approximate surface area is 162 Å². The largest absolute Gasteiger partial charge is 0.341 e. The fourth-order valence-electron chi connectivity index (χ4n) is 3.66. The van der Waals surface area contributed by atoms with Crippen LogP contribution in [-0.4, -0.2) is 32.6 Å². The van der Waals surface area contributed by atoms with Crippen LogP contribution in [0.5, 0.6) is 0 Å². The van der Waals surface area contributed by atoms with Gasteiger partial charge in [-0.15, -0.1) is 0 Å². The number of benzene rings is 1. The van der Waals surface area contributed by atoms with Gasteiger partial charge in [-0.2, -0.15) is 0 Å². The van der Waals surface area contributed by atoms with E-state index in [9.17, 15) is 9.18 Å². The first-order chi connectivity index (χ1) is 13.4. The molecular weight excluding hydrogens is 357 g/mol. The molecule has 0 radical (unpaired) electrons. The Morgan fingerprint density at radius 3 is 2.71 bits per heavy atom. The highest BCUT2D eigenvalue weighted by molar-refractivity contribution is 5.55. The summed E-state index contributed by atoms with van der Waals surface area (Å²) in [5, 5.41) is 0. The molecule has 0 unspecified atom stereocenters. The number of hydrogen-bond donors (Lipinski definition) is 0. The summed E-state index contributed by atoms with van der Waals surface area (Å²) in [6.07, 6.45) is 3.60. The molecule has 7 heteroatoms. The van der Waals surface area contributed by atoms with Gasteiger partial charge in [0.25, 0.3) is 5.56 Å². The Kier molecular flexibility index (Phi) is 4.66. The maximum Gasteiger partial charge on any atom is 0.255 e. The lowest BCUT2D eigenvalue weighted by Gasteiger charge is -2.40. The van der Waals surface area contributed by atoms with Gasteiger partial charge in [0.15, 0.2) is 0 Å². The first-order valence-electron chi connectivity index (χ1n) is 9.30. The number of aromatic nitrogens is 4. The summed E-state index contributed by atoms with van der Waals surface area (Å²) in [6, 6.07) is 10.0. The molecular formula is C21H22FN5O. The van der Waals surface area contributed by atoms with Gasteiger partial charge in [0.05, 0.1) is 11.4 Å². The van der Waals surface area contributed by atoms with E-state index in [1.165, 1.54) is 18.5 Å². The molecule has 0 saturated heterocycles. The highest BCUT2D eigenvalue weighted by Crippen LogP contribution is 2.30. The van der Waals surface area contributed by atoms with Crippen molar-refractivity contribution in [3.05, 3.63) is 70.7 Å².